The number of nitrogens with one attached hydrogen (secondary N) is 5. The number of aliphatic hydroxyl groups is 1. The quantitative estimate of drug-likeness (QED) is 0.114. The van der Waals surface area contributed by atoms with Gasteiger partial charge in [0, 0.05) is 43.0 Å². The van der Waals surface area contributed by atoms with E-state index < -0.39 is 66.4 Å². The second kappa shape index (κ2) is 13.7. The van der Waals surface area contributed by atoms with Crippen molar-refractivity contribution in [2.24, 2.45) is 5.73 Å². The van der Waals surface area contributed by atoms with Crippen LogP contribution in [0.3, 0.4) is 0 Å². The molecule has 37 heavy (non-hydrogen) atoms. The lowest BCUT2D eigenvalue weighted by atomic mass is 10.1. The average Bonchev–Trinajstić information content (AvgIpc) is 3.54. The van der Waals surface area contributed by atoms with Gasteiger partial charge in [0.2, 0.25) is 17.7 Å². The zero-order valence-corrected chi connectivity index (χ0v) is 19.9. The molecule has 5 atom stereocenters. The Morgan fingerprint density at radius 1 is 0.865 bits per heavy atom. The summed E-state index contributed by atoms with van der Waals surface area (Å²) < 4.78 is 0. The molecule has 3 amide bonds. The molecule has 0 aliphatic rings. The van der Waals surface area contributed by atoms with Crippen LogP contribution >= 0.6 is 0 Å². The standard InChI is InChI=1S/C21H30N8O8/c1-10(30)17(22)20(35)27-13(2-3-16(31)32)18(33)28-14(4-11-6-23-8-25-11)19(34)29-15(21(36)37)5-12-7-24-9-26-12/h6-10,13-15,17,30H,2-5,22H2,1H3,(H,23,25)(H,24,26)(H,27,35)(H,28,33)(H,29,34)(H,31,32)(H,36,37). The number of aromatic nitrogens is 4. The third-order valence-corrected chi connectivity index (χ3v) is 5.31. The fourth-order valence-electron chi connectivity index (χ4n) is 3.21. The van der Waals surface area contributed by atoms with Crippen LogP contribution in [0.15, 0.2) is 25.0 Å². The molecule has 2 rings (SSSR count). The van der Waals surface area contributed by atoms with Gasteiger partial charge in [-0.25, -0.2) is 14.8 Å². The Balaban J connectivity index is 2.21. The predicted molar refractivity (Wildman–Crippen MR) is 125 cm³/mol. The van der Waals surface area contributed by atoms with E-state index in [0.29, 0.717) is 11.4 Å². The first kappa shape index (κ1) is 28.9. The molecule has 0 fully saturated rings. The van der Waals surface area contributed by atoms with Gasteiger partial charge in [0.05, 0.1) is 18.8 Å². The first-order chi connectivity index (χ1) is 17.5. The number of nitrogens with zero attached hydrogens (tertiary/aromatic N) is 2. The van der Waals surface area contributed by atoms with Gasteiger partial charge in [0.1, 0.15) is 24.2 Å². The number of aromatic amines is 2. The Kier molecular flexibility index (Phi) is 10.7. The summed E-state index contributed by atoms with van der Waals surface area (Å²) in [6, 6.07) is -5.49. The van der Waals surface area contributed by atoms with Crippen LogP contribution < -0.4 is 21.7 Å². The number of hydrogen-bond donors (Lipinski definition) is 9. The number of carbonyl (C=O) groups is 5. The molecule has 0 saturated carbocycles. The topological polar surface area (TPSA) is 266 Å². The number of imidazole rings is 2. The number of carboxylic acid groups (broad SMARTS) is 2. The van der Waals surface area contributed by atoms with Gasteiger partial charge in [-0.1, -0.05) is 0 Å². The second-order valence-electron chi connectivity index (χ2n) is 8.28. The molecule has 0 aliphatic carbocycles. The molecule has 2 aromatic heterocycles. The highest BCUT2D eigenvalue weighted by atomic mass is 16.4. The minimum atomic E-state index is -1.41. The molecule has 0 bridgehead atoms. The van der Waals surface area contributed by atoms with E-state index in [0.717, 1.165) is 0 Å². The third kappa shape index (κ3) is 9.34. The SMILES string of the molecule is CC(O)C(N)C(=O)NC(CCC(=O)O)C(=O)NC(Cc1cnc[nH]1)C(=O)NC(Cc1cnc[nH]1)C(=O)O. The smallest absolute Gasteiger partial charge is 0.326 e. The minimum absolute atomic E-state index is 0.111. The van der Waals surface area contributed by atoms with Crippen molar-refractivity contribution < 1.29 is 39.3 Å². The minimum Gasteiger partial charge on any atom is -0.481 e. The van der Waals surface area contributed by atoms with Crippen LogP contribution in [0.2, 0.25) is 0 Å². The molecule has 0 spiro atoms. The zero-order chi connectivity index (χ0) is 27.5. The number of nitrogens with two attached hydrogens (primary N) is 1. The monoisotopic (exact) mass is 522 g/mol. The fourth-order valence-corrected chi connectivity index (χ4v) is 3.21. The second-order valence-corrected chi connectivity index (χ2v) is 8.28. The van der Waals surface area contributed by atoms with E-state index in [1.54, 1.807) is 0 Å². The number of rotatable bonds is 15. The molecule has 16 nitrogen and oxygen atoms in total. The van der Waals surface area contributed by atoms with Crippen LogP contribution in [0.1, 0.15) is 31.2 Å². The van der Waals surface area contributed by atoms with Gasteiger partial charge in [-0.15, -0.1) is 0 Å². The highest BCUT2D eigenvalue weighted by Gasteiger charge is 2.32. The van der Waals surface area contributed by atoms with E-state index >= 15 is 0 Å². The summed E-state index contributed by atoms with van der Waals surface area (Å²) in [5, 5.41) is 35.2. The molecular formula is C21H30N8O8. The third-order valence-electron chi connectivity index (χ3n) is 5.31. The maximum atomic E-state index is 13.1. The molecule has 202 valence electrons. The zero-order valence-electron chi connectivity index (χ0n) is 19.9. The number of carbonyl (C=O) groups excluding carboxylic acids is 3. The number of H-pyrrole nitrogens is 2. The van der Waals surface area contributed by atoms with Crippen LogP contribution in [-0.2, 0) is 36.8 Å². The van der Waals surface area contributed by atoms with Crippen LogP contribution in [0.25, 0.3) is 0 Å². The van der Waals surface area contributed by atoms with Gasteiger partial charge in [-0.2, -0.15) is 0 Å². The van der Waals surface area contributed by atoms with Gasteiger partial charge in [-0.3, -0.25) is 19.2 Å². The Labute approximate surface area is 210 Å². The summed E-state index contributed by atoms with van der Waals surface area (Å²) in [5.41, 5.74) is 6.48. The molecule has 0 radical (unpaired) electrons. The van der Waals surface area contributed by atoms with E-state index in [1.165, 1.54) is 32.0 Å². The Bertz CT molecular complexity index is 1060. The number of carboxylic acids is 2. The molecule has 16 heteroatoms. The van der Waals surface area contributed by atoms with E-state index in [-0.39, 0.29) is 19.3 Å². The molecule has 2 heterocycles. The summed E-state index contributed by atoms with van der Waals surface area (Å²) in [6.07, 6.45) is 3.19. The first-order valence-electron chi connectivity index (χ1n) is 11.2. The lowest BCUT2D eigenvalue weighted by Crippen LogP contribution is -2.58. The van der Waals surface area contributed by atoms with Crippen molar-refractivity contribution in [1.82, 2.24) is 35.9 Å². The van der Waals surface area contributed by atoms with Crippen molar-refractivity contribution in [2.75, 3.05) is 0 Å². The van der Waals surface area contributed by atoms with E-state index in [1.807, 2.05) is 0 Å². The average molecular weight is 523 g/mol. The van der Waals surface area contributed by atoms with Gasteiger partial charge >= 0.3 is 11.9 Å². The van der Waals surface area contributed by atoms with Gasteiger partial charge in [-0.05, 0) is 13.3 Å². The largest absolute Gasteiger partial charge is 0.481 e. The summed E-state index contributed by atoms with van der Waals surface area (Å²) in [7, 11) is 0. The lowest BCUT2D eigenvalue weighted by Gasteiger charge is -2.25. The van der Waals surface area contributed by atoms with E-state index in [9.17, 15) is 34.2 Å². The first-order valence-corrected chi connectivity index (χ1v) is 11.2. The molecular weight excluding hydrogens is 492 g/mol. The van der Waals surface area contributed by atoms with Crippen molar-refractivity contribution in [3.8, 4) is 0 Å². The Morgan fingerprint density at radius 2 is 1.35 bits per heavy atom. The van der Waals surface area contributed by atoms with Crippen molar-refractivity contribution >= 4 is 29.7 Å². The summed E-state index contributed by atoms with van der Waals surface area (Å²) in [6.45, 7) is 1.27. The number of amides is 3. The highest BCUT2D eigenvalue weighted by Crippen LogP contribution is 2.06. The van der Waals surface area contributed by atoms with Gasteiger partial charge < -0.3 is 47.0 Å². The van der Waals surface area contributed by atoms with E-state index in [2.05, 4.69) is 35.9 Å². The number of hydrogen-bond acceptors (Lipinski definition) is 9. The van der Waals surface area contributed by atoms with Crippen LogP contribution in [-0.4, -0.2) is 95.2 Å². The van der Waals surface area contributed by atoms with Crippen molar-refractivity contribution in [2.45, 2.75) is 62.9 Å². The normalized spacial score (nSPS) is 15.0. The lowest BCUT2D eigenvalue weighted by molar-refractivity contribution is -0.142. The number of aliphatic carboxylic acids is 2. The van der Waals surface area contributed by atoms with Crippen molar-refractivity contribution in [3.05, 3.63) is 36.4 Å². The molecule has 5 unspecified atom stereocenters. The van der Waals surface area contributed by atoms with Crippen LogP contribution in [0, 0.1) is 0 Å². The predicted octanol–water partition coefficient (Wildman–Crippen LogP) is -2.97. The summed E-state index contributed by atoms with van der Waals surface area (Å²) >= 11 is 0. The van der Waals surface area contributed by atoms with Crippen LogP contribution in [0.5, 0.6) is 0 Å². The number of aliphatic hydroxyl groups excluding tert-OH is 1. The highest BCUT2D eigenvalue weighted by molar-refractivity contribution is 5.94. The Morgan fingerprint density at radius 3 is 1.81 bits per heavy atom. The summed E-state index contributed by atoms with van der Waals surface area (Å²) in [5.74, 6) is -5.22. The van der Waals surface area contributed by atoms with Crippen molar-refractivity contribution in [3.63, 3.8) is 0 Å². The maximum absolute atomic E-state index is 13.1. The van der Waals surface area contributed by atoms with Crippen molar-refractivity contribution in [1.29, 1.82) is 0 Å². The van der Waals surface area contributed by atoms with Crippen LogP contribution in [0.4, 0.5) is 0 Å². The maximum Gasteiger partial charge on any atom is 0.326 e. The fraction of sp³-hybridized carbons (Fsp3) is 0.476. The Hall–Kier alpha value is -4.31. The molecule has 10 N–H and O–H groups in total. The molecule has 2 aromatic rings. The summed E-state index contributed by atoms with van der Waals surface area (Å²) in [4.78, 5) is 74.4. The molecule has 0 aromatic carbocycles. The van der Waals surface area contributed by atoms with E-state index in [4.69, 9.17) is 10.8 Å². The van der Waals surface area contributed by atoms with Gasteiger partial charge in [0.15, 0.2) is 0 Å². The van der Waals surface area contributed by atoms with Gasteiger partial charge in [0.25, 0.3) is 0 Å². The molecule has 0 saturated heterocycles. The molecule has 0 aliphatic heterocycles.